The first kappa shape index (κ1) is 12.1. The fourth-order valence-electron chi connectivity index (χ4n) is 3.28. The summed E-state index contributed by atoms with van der Waals surface area (Å²) in [6, 6.07) is 0.360. The number of carbonyl (C=O) groups is 1. The fourth-order valence-corrected chi connectivity index (χ4v) is 3.28. The van der Waals surface area contributed by atoms with Crippen LogP contribution < -0.4 is 5.73 Å². The minimum Gasteiger partial charge on any atom is -0.328 e. The van der Waals surface area contributed by atoms with Crippen molar-refractivity contribution in [2.45, 2.75) is 70.3 Å². The summed E-state index contributed by atoms with van der Waals surface area (Å²) >= 11 is 0. The molecule has 92 valence electrons. The van der Waals surface area contributed by atoms with Crippen molar-refractivity contribution in [2.24, 2.45) is 17.6 Å². The number of Topliss-reactive ketones (excluding diaryl/α,β-unsaturated/α-hetero) is 1. The van der Waals surface area contributed by atoms with Crippen LogP contribution in [0.1, 0.15) is 64.2 Å². The van der Waals surface area contributed by atoms with Gasteiger partial charge in [-0.3, -0.25) is 4.79 Å². The molecule has 0 heterocycles. The zero-order valence-electron chi connectivity index (χ0n) is 10.3. The molecule has 0 atom stereocenters. The molecule has 2 saturated carbocycles. The van der Waals surface area contributed by atoms with Gasteiger partial charge in [0, 0.05) is 18.4 Å². The van der Waals surface area contributed by atoms with Gasteiger partial charge in [0.05, 0.1) is 0 Å². The Bertz CT molecular complexity index is 225. The average Bonchev–Trinajstić information content (AvgIpc) is 2.31. The fraction of sp³-hybridized carbons (Fsp3) is 0.929. The van der Waals surface area contributed by atoms with Crippen LogP contribution >= 0.6 is 0 Å². The van der Waals surface area contributed by atoms with E-state index in [1.54, 1.807) is 0 Å². The van der Waals surface area contributed by atoms with E-state index in [1.165, 1.54) is 32.1 Å². The molecular weight excluding hydrogens is 198 g/mol. The summed E-state index contributed by atoms with van der Waals surface area (Å²) in [6.07, 6.45) is 11.7. The van der Waals surface area contributed by atoms with Crippen molar-refractivity contribution in [2.75, 3.05) is 0 Å². The number of hydrogen-bond acceptors (Lipinski definition) is 2. The van der Waals surface area contributed by atoms with Gasteiger partial charge in [0.1, 0.15) is 5.78 Å². The maximum Gasteiger partial charge on any atom is 0.136 e. The third-order valence-electron chi connectivity index (χ3n) is 4.44. The molecule has 0 aliphatic heterocycles. The van der Waals surface area contributed by atoms with Gasteiger partial charge < -0.3 is 5.73 Å². The van der Waals surface area contributed by atoms with Crippen molar-refractivity contribution in [3.63, 3.8) is 0 Å². The Balaban J connectivity index is 1.74. The maximum atomic E-state index is 12.1. The SMILES string of the molecule is NC1CCC(C(=O)CC2CCCCC2)CC1. The lowest BCUT2D eigenvalue weighted by Crippen LogP contribution is -2.30. The summed E-state index contributed by atoms with van der Waals surface area (Å²) in [5.41, 5.74) is 5.87. The highest BCUT2D eigenvalue weighted by atomic mass is 16.1. The van der Waals surface area contributed by atoms with Gasteiger partial charge in [-0.05, 0) is 31.6 Å². The second-order valence-corrected chi connectivity index (χ2v) is 5.79. The first-order chi connectivity index (χ1) is 7.75. The molecule has 2 nitrogen and oxygen atoms in total. The minimum absolute atomic E-state index is 0.349. The third-order valence-corrected chi connectivity index (χ3v) is 4.44. The van der Waals surface area contributed by atoms with Gasteiger partial charge in [-0.2, -0.15) is 0 Å². The number of nitrogens with two attached hydrogens (primary N) is 1. The molecule has 2 rings (SSSR count). The molecule has 0 bridgehead atoms. The van der Waals surface area contributed by atoms with E-state index in [0.717, 1.165) is 32.1 Å². The zero-order valence-corrected chi connectivity index (χ0v) is 10.3. The van der Waals surface area contributed by atoms with Gasteiger partial charge in [-0.1, -0.05) is 32.1 Å². The van der Waals surface area contributed by atoms with E-state index in [0.29, 0.717) is 23.7 Å². The lowest BCUT2D eigenvalue weighted by Gasteiger charge is -2.27. The molecule has 0 amide bonds. The normalized spacial score (nSPS) is 32.6. The van der Waals surface area contributed by atoms with E-state index in [9.17, 15) is 4.79 Å². The predicted octanol–water partition coefficient (Wildman–Crippen LogP) is 3.04. The van der Waals surface area contributed by atoms with Crippen LogP contribution in [0.3, 0.4) is 0 Å². The molecule has 2 aliphatic carbocycles. The van der Waals surface area contributed by atoms with Crippen LogP contribution in [0, 0.1) is 11.8 Å². The molecule has 2 fully saturated rings. The molecule has 0 aromatic heterocycles. The molecule has 0 aromatic carbocycles. The predicted molar refractivity (Wildman–Crippen MR) is 66.1 cm³/mol. The Morgan fingerprint density at radius 3 is 2.19 bits per heavy atom. The molecule has 0 unspecified atom stereocenters. The van der Waals surface area contributed by atoms with Gasteiger partial charge in [0.15, 0.2) is 0 Å². The Morgan fingerprint density at radius 2 is 1.56 bits per heavy atom. The number of hydrogen-bond donors (Lipinski definition) is 1. The van der Waals surface area contributed by atoms with Crippen LogP contribution in [0.15, 0.2) is 0 Å². The number of rotatable bonds is 3. The lowest BCUT2D eigenvalue weighted by atomic mass is 9.78. The number of ketones is 1. The van der Waals surface area contributed by atoms with E-state index in [4.69, 9.17) is 5.73 Å². The van der Waals surface area contributed by atoms with Crippen molar-refractivity contribution in [3.8, 4) is 0 Å². The Hall–Kier alpha value is -0.370. The quantitative estimate of drug-likeness (QED) is 0.799. The Morgan fingerprint density at radius 1 is 0.938 bits per heavy atom. The molecule has 0 radical (unpaired) electrons. The van der Waals surface area contributed by atoms with Crippen LogP contribution in [0.2, 0.25) is 0 Å². The van der Waals surface area contributed by atoms with E-state index in [2.05, 4.69) is 0 Å². The van der Waals surface area contributed by atoms with Crippen LogP contribution in [0.4, 0.5) is 0 Å². The molecule has 0 aromatic rings. The van der Waals surface area contributed by atoms with E-state index < -0.39 is 0 Å². The van der Waals surface area contributed by atoms with Crippen molar-refractivity contribution in [1.29, 1.82) is 0 Å². The summed E-state index contributed by atoms with van der Waals surface area (Å²) in [6.45, 7) is 0. The first-order valence-corrected chi connectivity index (χ1v) is 7.04. The second kappa shape index (κ2) is 5.81. The van der Waals surface area contributed by atoms with E-state index >= 15 is 0 Å². The molecule has 0 spiro atoms. The van der Waals surface area contributed by atoms with Gasteiger partial charge in [-0.25, -0.2) is 0 Å². The molecule has 16 heavy (non-hydrogen) atoms. The number of carbonyl (C=O) groups excluding carboxylic acids is 1. The van der Waals surface area contributed by atoms with Gasteiger partial charge >= 0.3 is 0 Å². The highest BCUT2D eigenvalue weighted by molar-refractivity contribution is 5.81. The highest BCUT2D eigenvalue weighted by Gasteiger charge is 2.26. The first-order valence-electron chi connectivity index (χ1n) is 7.04. The topological polar surface area (TPSA) is 43.1 Å². The summed E-state index contributed by atoms with van der Waals surface area (Å²) < 4.78 is 0. The summed E-state index contributed by atoms with van der Waals surface area (Å²) in [5, 5.41) is 0. The zero-order chi connectivity index (χ0) is 11.4. The molecule has 2 N–H and O–H groups in total. The summed E-state index contributed by atoms with van der Waals surface area (Å²) in [4.78, 5) is 12.1. The summed E-state index contributed by atoms with van der Waals surface area (Å²) in [5.74, 6) is 1.59. The summed E-state index contributed by atoms with van der Waals surface area (Å²) in [7, 11) is 0. The minimum atomic E-state index is 0.349. The standard InChI is InChI=1S/C14H25NO/c15-13-8-6-12(7-9-13)14(16)10-11-4-2-1-3-5-11/h11-13H,1-10,15H2. The van der Waals surface area contributed by atoms with Crippen molar-refractivity contribution < 1.29 is 4.79 Å². The Kier molecular flexibility index (Phi) is 4.39. The van der Waals surface area contributed by atoms with Gasteiger partial charge in [-0.15, -0.1) is 0 Å². The maximum absolute atomic E-state index is 12.1. The van der Waals surface area contributed by atoms with Crippen LogP contribution in [-0.4, -0.2) is 11.8 Å². The molecule has 0 saturated heterocycles. The van der Waals surface area contributed by atoms with Gasteiger partial charge in [0.2, 0.25) is 0 Å². The van der Waals surface area contributed by atoms with Crippen molar-refractivity contribution in [3.05, 3.63) is 0 Å². The van der Waals surface area contributed by atoms with E-state index in [1.807, 2.05) is 0 Å². The average molecular weight is 223 g/mol. The van der Waals surface area contributed by atoms with Crippen LogP contribution in [0.25, 0.3) is 0 Å². The monoisotopic (exact) mass is 223 g/mol. The van der Waals surface area contributed by atoms with Crippen molar-refractivity contribution >= 4 is 5.78 Å². The van der Waals surface area contributed by atoms with E-state index in [-0.39, 0.29) is 0 Å². The van der Waals surface area contributed by atoms with Crippen LogP contribution in [-0.2, 0) is 4.79 Å². The van der Waals surface area contributed by atoms with Crippen LogP contribution in [0.5, 0.6) is 0 Å². The molecular formula is C14H25NO. The third kappa shape index (κ3) is 3.31. The second-order valence-electron chi connectivity index (χ2n) is 5.79. The lowest BCUT2D eigenvalue weighted by molar-refractivity contribution is -0.125. The smallest absolute Gasteiger partial charge is 0.136 e. The highest BCUT2D eigenvalue weighted by Crippen LogP contribution is 2.31. The molecule has 2 heteroatoms. The largest absolute Gasteiger partial charge is 0.328 e. The molecule has 2 aliphatic rings. The Labute approximate surface area is 99.0 Å². The van der Waals surface area contributed by atoms with Crippen molar-refractivity contribution in [1.82, 2.24) is 0 Å². The van der Waals surface area contributed by atoms with Gasteiger partial charge in [0.25, 0.3) is 0 Å².